The highest BCUT2D eigenvalue weighted by atomic mass is 16.2. The Labute approximate surface area is 79.9 Å². The monoisotopic (exact) mass is 184 g/mol. The second kappa shape index (κ2) is 4.58. The largest absolute Gasteiger partial charge is 0.347 e. The zero-order valence-corrected chi connectivity index (χ0v) is 8.66. The molecule has 0 saturated carbocycles. The number of amides is 1. The van der Waals surface area contributed by atoms with Crippen molar-refractivity contribution in [2.45, 2.75) is 12.5 Å². The molecule has 1 aliphatic rings. The summed E-state index contributed by atoms with van der Waals surface area (Å²) >= 11 is 0. The molecule has 1 radical (unpaired) electrons. The molecule has 1 unspecified atom stereocenters. The molecule has 0 aromatic rings. The fraction of sp³-hybridized carbons (Fsp3) is 0.889. The molecule has 1 aliphatic heterocycles. The highest BCUT2D eigenvalue weighted by Crippen LogP contribution is 2.01. The molecule has 1 saturated heterocycles. The average molecular weight is 184 g/mol. The van der Waals surface area contributed by atoms with Crippen LogP contribution in [0.3, 0.4) is 0 Å². The molecule has 13 heavy (non-hydrogen) atoms. The zero-order chi connectivity index (χ0) is 9.84. The van der Waals surface area contributed by atoms with Gasteiger partial charge < -0.3 is 9.80 Å². The molecular formula is C9H18N3O. The molecule has 1 atom stereocenters. The number of rotatable bonds is 1. The highest BCUT2D eigenvalue weighted by Gasteiger charge is 2.24. The van der Waals surface area contributed by atoms with Crippen LogP contribution >= 0.6 is 0 Å². The van der Waals surface area contributed by atoms with Crippen LogP contribution in [-0.4, -0.2) is 62.5 Å². The van der Waals surface area contributed by atoms with Gasteiger partial charge in [0.1, 0.15) is 6.04 Å². The third-order valence-corrected chi connectivity index (χ3v) is 2.26. The Morgan fingerprint density at radius 2 is 2.23 bits per heavy atom. The summed E-state index contributed by atoms with van der Waals surface area (Å²) in [6, 6.07) is -0.150. The normalized spacial score (nSPS) is 25.3. The van der Waals surface area contributed by atoms with Crippen LogP contribution in [0.2, 0.25) is 0 Å². The summed E-state index contributed by atoms with van der Waals surface area (Å²) in [5.41, 5.74) is 0. The number of carbonyl (C=O) groups is 1. The summed E-state index contributed by atoms with van der Waals surface area (Å²) in [5, 5.41) is 4.36. The first-order valence-electron chi connectivity index (χ1n) is 4.67. The maximum atomic E-state index is 11.6. The van der Waals surface area contributed by atoms with Crippen molar-refractivity contribution in [1.29, 1.82) is 0 Å². The lowest BCUT2D eigenvalue weighted by Gasteiger charge is -2.21. The predicted molar refractivity (Wildman–Crippen MR) is 51.6 cm³/mol. The van der Waals surface area contributed by atoms with Gasteiger partial charge in [0.25, 0.3) is 0 Å². The fourth-order valence-corrected chi connectivity index (χ4v) is 1.49. The molecule has 4 heteroatoms. The molecule has 0 spiro atoms. The van der Waals surface area contributed by atoms with Gasteiger partial charge in [-0.25, -0.2) is 5.32 Å². The minimum atomic E-state index is -0.150. The van der Waals surface area contributed by atoms with Gasteiger partial charge in [-0.2, -0.15) is 0 Å². The minimum absolute atomic E-state index is 0.119. The lowest BCUT2D eigenvalue weighted by atomic mass is 10.2. The van der Waals surface area contributed by atoms with Crippen LogP contribution in [0.1, 0.15) is 6.42 Å². The Morgan fingerprint density at radius 3 is 2.85 bits per heavy atom. The van der Waals surface area contributed by atoms with Gasteiger partial charge in [-0.3, -0.25) is 4.79 Å². The van der Waals surface area contributed by atoms with Crippen molar-refractivity contribution >= 4 is 5.91 Å². The Kier molecular flexibility index (Phi) is 3.69. The molecule has 0 aromatic carbocycles. The van der Waals surface area contributed by atoms with Crippen molar-refractivity contribution in [3.05, 3.63) is 0 Å². The Balaban J connectivity index is 2.52. The van der Waals surface area contributed by atoms with Crippen molar-refractivity contribution in [2.24, 2.45) is 0 Å². The van der Waals surface area contributed by atoms with Crippen LogP contribution in [0, 0.1) is 0 Å². The summed E-state index contributed by atoms with van der Waals surface area (Å²) in [5.74, 6) is 0.119. The highest BCUT2D eigenvalue weighted by molar-refractivity contribution is 5.81. The van der Waals surface area contributed by atoms with Gasteiger partial charge in [0.05, 0.1) is 0 Å². The van der Waals surface area contributed by atoms with Crippen LogP contribution in [0.15, 0.2) is 0 Å². The second-order valence-electron chi connectivity index (χ2n) is 3.77. The molecule has 1 heterocycles. The number of nitrogens with zero attached hydrogens (tertiary/aromatic N) is 3. The summed E-state index contributed by atoms with van der Waals surface area (Å²) in [4.78, 5) is 15.4. The number of hydrogen-bond acceptors (Lipinski definition) is 2. The number of likely N-dealkylation sites (N-methyl/N-ethyl adjacent to an activating group) is 2. The molecular weight excluding hydrogens is 166 g/mol. The SMILES string of the molecule is CN1CCC[N]C(C(=O)N(C)C)C1. The molecule has 1 amide bonds. The Bertz CT molecular complexity index is 182. The van der Waals surface area contributed by atoms with E-state index in [0.717, 1.165) is 26.1 Å². The molecule has 0 aliphatic carbocycles. The van der Waals surface area contributed by atoms with Gasteiger partial charge in [0, 0.05) is 27.2 Å². The van der Waals surface area contributed by atoms with Crippen molar-refractivity contribution in [2.75, 3.05) is 40.8 Å². The fourth-order valence-electron chi connectivity index (χ4n) is 1.49. The minimum Gasteiger partial charge on any atom is -0.347 e. The zero-order valence-electron chi connectivity index (χ0n) is 8.66. The molecule has 0 bridgehead atoms. The maximum absolute atomic E-state index is 11.6. The van der Waals surface area contributed by atoms with E-state index in [1.807, 2.05) is 7.05 Å². The summed E-state index contributed by atoms with van der Waals surface area (Å²) in [6.45, 7) is 2.62. The van der Waals surface area contributed by atoms with Gasteiger partial charge in [0.2, 0.25) is 5.91 Å². The molecule has 0 aromatic heterocycles. The molecule has 0 N–H and O–H groups in total. The Hall–Kier alpha value is -0.610. The van der Waals surface area contributed by atoms with Crippen molar-refractivity contribution in [3.8, 4) is 0 Å². The van der Waals surface area contributed by atoms with Gasteiger partial charge in [0.15, 0.2) is 0 Å². The van der Waals surface area contributed by atoms with E-state index in [9.17, 15) is 4.79 Å². The maximum Gasteiger partial charge on any atom is 0.242 e. The second-order valence-corrected chi connectivity index (χ2v) is 3.77. The van der Waals surface area contributed by atoms with Crippen molar-refractivity contribution in [1.82, 2.24) is 15.1 Å². The topological polar surface area (TPSA) is 37.7 Å². The molecule has 1 fully saturated rings. The van der Waals surface area contributed by atoms with E-state index in [4.69, 9.17) is 0 Å². The van der Waals surface area contributed by atoms with E-state index in [1.165, 1.54) is 0 Å². The number of carbonyl (C=O) groups excluding carboxylic acids is 1. The lowest BCUT2D eigenvalue weighted by Crippen LogP contribution is -2.44. The third-order valence-electron chi connectivity index (χ3n) is 2.26. The van der Waals surface area contributed by atoms with Gasteiger partial charge in [-0.05, 0) is 20.0 Å². The van der Waals surface area contributed by atoms with Crippen LogP contribution in [-0.2, 0) is 4.79 Å². The van der Waals surface area contributed by atoms with Crippen LogP contribution in [0.5, 0.6) is 0 Å². The first kappa shape index (κ1) is 10.5. The summed E-state index contributed by atoms with van der Waals surface area (Å²) < 4.78 is 0. The van der Waals surface area contributed by atoms with Gasteiger partial charge >= 0.3 is 0 Å². The van der Waals surface area contributed by atoms with Crippen molar-refractivity contribution in [3.63, 3.8) is 0 Å². The Morgan fingerprint density at radius 1 is 1.54 bits per heavy atom. The molecule has 75 valence electrons. The van der Waals surface area contributed by atoms with Crippen molar-refractivity contribution < 1.29 is 4.79 Å². The van der Waals surface area contributed by atoms with E-state index in [-0.39, 0.29) is 11.9 Å². The van der Waals surface area contributed by atoms with Crippen LogP contribution in [0.4, 0.5) is 0 Å². The standard InChI is InChI=1S/C9H18N3O/c1-11(2)9(13)8-7-12(3)6-4-5-10-8/h8H,4-7H2,1-3H3. The van der Waals surface area contributed by atoms with E-state index < -0.39 is 0 Å². The van der Waals surface area contributed by atoms with E-state index in [2.05, 4.69) is 10.2 Å². The van der Waals surface area contributed by atoms with Gasteiger partial charge in [-0.15, -0.1) is 0 Å². The first-order valence-corrected chi connectivity index (χ1v) is 4.67. The van der Waals surface area contributed by atoms with Crippen LogP contribution < -0.4 is 5.32 Å². The first-order chi connectivity index (χ1) is 6.11. The van der Waals surface area contributed by atoms with Crippen LogP contribution in [0.25, 0.3) is 0 Å². The lowest BCUT2D eigenvalue weighted by molar-refractivity contribution is -0.131. The predicted octanol–water partition coefficient (Wildman–Crippen LogP) is -0.617. The summed E-state index contributed by atoms with van der Waals surface area (Å²) in [6.07, 6.45) is 1.06. The smallest absolute Gasteiger partial charge is 0.242 e. The number of hydrogen-bond donors (Lipinski definition) is 0. The quantitative estimate of drug-likeness (QED) is 0.545. The molecule has 4 nitrogen and oxygen atoms in total. The summed E-state index contributed by atoms with van der Waals surface area (Å²) in [7, 11) is 5.60. The van der Waals surface area contributed by atoms with E-state index >= 15 is 0 Å². The van der Waals surface area contributed by atoms with E-state index in [0.29, 0.717) is 0 Å². The van der Waals surface area contributed by atoms with E-state index in [1.54, 1.807) is 19.0 Å². The average Bonchev–Trinajstić information content (AvgIpc) is 2.28. The molecule has 1 rings (SSSR count). The van der Waals surface area contributed by atoms with Gasteiger partial charge in [-0.1, -0.05) is 0 Å². The third kappa shape index (κ3) is 2.97.